The Morgan fingerprint density at radius 2 is 2.15 bits per heavy atom. The van der Waals surface area contributed by atoms with E-state index in [4.69, 9.17) is 9.47 Å². The summed E-state index contributed by atoms with van der Waals surface area (Å²) in [5.41, 5.74) is 0.672. The Bertz CT molecular complexity index is 425. The lowest BCUT2D eigenvalue weighted by Gasteiger charge is -2.32. The normalized spacial score (nSPS) is 16.6. The van der Waals surface area contributed by atoms with E-state index in [1.165, 1.54) is 0 Å². The van der Waals surface area contributed by atoms with Gasteiger partial charge in [-0.05, 0) is 25.8 Å². The number of hydrogen-bond donors (Lipinski definition) is 0. The van der Waals surface area contributed by atoms with Gasteiger partial charge in [0.25, 0.3) is 5.91 Å². The summed E-state index contributed by atoms with van der Waals surface area (Å²) in [6.45, 7) is 5.42. The van der Waals surface area contributed by atoms with Crippen molar-refractivity contribution in [3.8, 4) is 0 Å². The molecule has 0 atom stereocenters. The Hall–Kier alpha value is -1.40. The Labute approximate surface area is 119 Å². The first kappa shape index (κ1) is 15.0. The summed E-state index contributed by atoms with van der Waals surface area (Å²) >= 11 is 0. The van der Waals surface area contributed by atoms with E-state index in [9.17, 15) is 4.79 Å². The molecule has 1 aromatic heterocycles. The fourth-order valence-electron chi connectivity index (χ4n) is 2.45. The zero-order valence-electron chi connectivity index (χ0n) is 12.2. The SMILES string of the molecule is CCn1nccc1C(=O)N1CCC(OCCOC)CC1. The molecular formula is C14H23N3O3. The second kappa shape index (κ2) is 7.40. The molecule has 2 rings (SSSR count). The summed E-state index contributed by atoms with van der Waals surface area (Å²) in [5.74, 6) is 0.0692. The van der Waals surface area contributed by atoms with E-state index < -0.39 is 0 Å². The minimum absolute atomic E-state index is 0.0692. The van der Waals surface area contributed by atoms with Crippen molar-refractivity contribution in [2.24, 2.45) is 0 Å². The number of hydrogen-bond acceptors (Lipinski definition) is 4. The molecule has 0 N–H and O–H groups in total. The first-order valence-electron chi connectivity index (χ1n) is 7.18. The largest absolute Gasteiger partial charge is 0.382 e. The molecule has 0 unspecified atom stereocenters. The standard InChI is InChI=1S/C14H23N3O3/c1-3-17-13(4-7-15-17)14(18)16-8-5-12(6-9-16)20-11-10-19-2/h4,7,12H,3,5-6,8-11H2,1-2H3. The van der Waals surface area contributed by atoms with Gasteiger partial charge in [-0.1, -0.05) is 0 Å². The summed E-state index contributed by atoms with van der Waals surface area (Å²) in [5, 5.41) is 4.15. The van der Waals surface area contributed by atoms with E-state index >= 15 is 0 Å². The van der Waals surface area contributed by atoms with E-state index in [0.717, 1.165) is 25.9 Å². The van der Waals surface area contributed by atoms with Crippen molar-refractivity contribution in [3.63, 3.8) is 0 Å². The molecule has 1 fully saturated rings. The van der Waals surface area contributed by atoms with E-state index in [1.54, 1.807) is 24.1 Å². The molecule has 0 spiro atoms. The maximum atomic E-state index is 12.4. The molecule has 1 aliphatic heterocycles. The molecule has 1 amide bonds. The van der Waals surface area contributed by atoms with Crippen molar-refractivity contribution in [3.05, 3.63) is 18.0 Å². The first-order chi connectivity index (χ1) is 9.76. The maximum absolute atomic E-state index is 12.4. The van der Waals surface area contributed by atoms with Gasteiger partial charge < -0.3 is 14.4 Å². The number of carbonyl (C=O) groups excluding carboxylic acids is 1. The van der Waals surface area contributed by atoms with E-state index in [-0.39, 0.29) is 12.0 Å². The maximum Gasteiger partial charge on any atom is 0.272 e. The third-order valence-corrected chi connectivity index (χ3v) is 3.61. The molecule has 0 radical (unpaired) electrons. The van der Waals surface area contributed by atoms with Crippen molar-refractivity contribution in [2.75, 3.05) is 33.4 Å². The second-order valence-corrected chi connectivity index (χ2v) is 4.89. The first-order valence-corrected chi connectivity index (χ1v) is 7.18. The summed E-state index contributed by atoms with van der Waals surface area (Å²) in [6.07, 6.45) is 3.69. The van der Waals surface area contributed by atoms with Crippen LogP contribution in [0.1, 0.15) is 30.3 Å². The van der Waals surface area contributed by atoms with Crippen molar-refractivity contribution >= 4 is 5.91 Å². The van der Waals surface area contributed by atoms with Crippen LogP contribution in [-0.4, -0.2) is 60.1 Å². The monoisotopic (exact) mass is 281 g/mol. The topological polar surface area (TPSA) is 56.6 Å². The molecule has 6 heteroatoms. The Balaban J connectivity index is 1.83. The van der Waals surface area contributed by atoms with E-state index in [0.29, 0.717) is 25.5 Å². The fraction of sp³-hybridized carbons (Fsp3) is 0.714. The Morgan fingerprint density at radius 3 is 2.80 bits per heavy atom. The predicted octanol–water partition coefficient (Wildman–Crippen LogP) is 1.17. The van der Waals surface area contributed by atoms with Crippen molar-refractivity contribution in [1.29, 1.82) is 0 Å². The highest BCUT2D eigenvalue weighted by Gasteiger charge is 2.25. The number of aryl methyl sites for hydroxylation is 1. The van der Waals surface area contributed by atoms with Crippen LogP contribution in [-0.2, 0) is 16.0 Å². The second-order valence-electron chi connectivity index (χ2n) is 4.89. The molecule has 1 aromatic rings. The van der Waals surface area contributed by atoms with Crippen LogP contribution in [0.25, 0.3) is 0 Å². The van der Waals surface area contributed by atoms with Gasteiger partial charge in [0.05, 0.1) is 19.3 Å². The van der Waals surface area contributed by atoms with Crippen LogP contribution >= 0.6 is 0 Å². The number of likely N-dealkylation sites (tertiary alicyclic amines) is 1. The van der Waals surface area contributed by atoms with Crippen molar-refractivity contribution in [2.45, 2.75) is 32.4 Å². The van der Waals surface area contributed by atoms with Crippen LogP contribution in [0.2, 0.25) is 0 Å². The molecule has 0 aliphatic carbocycles. The minimum Gasteiger partial charge on any atom is -0.382 e. The van der Waals surface area contributed by atoms with Crippen LogP contribution in [0, 0.1) is 0 Å². The molecule has 20 heavy (non-hydrogen) atoms. The number of methoxy groups -OCH3 is 1. The van der Waals surface area contributed by atoms with Gasteiger partial charge in [0.2, 0.25) is 0 Å². The van der Waals surface area contributed by atoms with Crippen LogP contribution < -0.4 is 0 Å². The molecular weight excluding hydrogens is 258 g/mol. The van der Waals surface area contributed by atoms with Crippen molar-refractivity contribution in [1.82, 2.24) is 14.7 Å². The zero-order valence-corrected chi connectivity index (χ0v) is 12.2. The van der Waals surface area contributed by atoms with Gasteiger partial charge in [0, 0.05) is 32.9 Å². The van der Waals surface area contributed by atoms with Crippen LogP contribution in [0.4, 0.5) is 0 Å². The van der Waals surface area contributed by atoms with E-state index in [1.807, 2.05) is 11.8 Å². The summed E-state index contributed by atoms with van der Waals surface area (Å²) in [7, 11) is 1.67. The van der Waals surface area contributed by atoms with Crippen LogP contribution in [0.3, 0.4) is 0 Å². The highest BCUT2D eigenvalue weighted by Crippen LogP contribution is 2.16. The third-order valence-electron chi connectivity index (χ3n) is 3.61. The highest BCUT2D eigenvalue weighted by atomic mass is 16.5. The van der Waals surface area contributed by atoms with Crippen molar-refractivity contribution < 1.29 is 14.3 Å². The predicted molar refractivity (Wildman–Crippen MR) is 74.7 cm³/mol. The lowest BCUT2D eigenvalue weighted by molar-refractivity contribution is -0.0124. The van der Waals surface area contributed by atoms with Gasteiger partial charge in [-0.25, -0.2) is 0 Å². The lowest BCUT2D eigenvalue weighted by Crippen LogP contribution is -2.41. The van der Waals surface area contributed by atoms with Gasteiger partial charge in [-0.2, -0.15) is 5.10 Å². The number of rotatable bonds is 6. The molecule has 1 aliphatic rings. The molecule has 2 heterocycles. The lowest BCUT2D eigenvalue weighted by atomic mass is 10.1. The van der Waals surface area contributed by atoms with Gasteiger partial charge in [-0.3, -0.25) is 9.48 Å². The molecule has 1 saturated heterocycles. The molecule has 0 saturated carbocycles. The Morgan fingerprint density at radius 1 is 1.40 bits per heavy atom. The number of aromatic nitrogens is 2. The summed E-state index contributed by atoms with van der Waals surface area (Å²) < 4.78 is 12.4. The summed E-state index contributed by atoms with van der Waals surface area (Å²) in [4.78, 5) is 14.3. The summed E-state index contributed by atoms with van der Waals surface area (Å²) in [6, 6.07) is 1.78. The molecule has 6 nitrogen and oxygen atoms in total. The third kappa shape index (κ3) is 3.58. The van der Waals surface area contributed by atoms with Crippen LogP contribution in [0.5, 0.6) is 0 Å². The number of nitrogens with zero attached hydrogens (tertiary/aromatic N) is 3. The van der Waals surface area contributed by atoms with Gasteiger partial charge >= 0.3 is 0 Å². The average molecular weight is 281 g/mol. The zero-order chi connectivity index (χ0) is 14.4. The van der Waals surface area contributed by atoms with Gasteiger partial charge in [0.15, 0.2) is 0 Å². The number of piperidine rings is 1. The number of ether oxygens (including phenoxy) is 2. The minimum atomic E-state index is 0.0692. The number of amides is 1. The Kier molecular flexibility index (Phi) is 5.55. The van der Waals surface area contributed by atoms with E-state index in [2.05, 4.69) is 5.10 Å². The quantitative estimate of drug-likeness (QED) is 0.735. The van der Waals surface area contributed by atoms with Gasteiger partial charge in [-0.15, -0.1) is 0 Å². The average Bonchev–Trinajstić information content (AvgIpc) is 2.96. The molecule has 0 aromatic carbocycles. The smallest absolute Gasteiger partial charge is 0.272 e. The van der Waals surface area contributed by atoms with Crippen LogP contribution in [0.15, 0.2) is 12.3 Å². The highest BCUT2D eigenvalue weighted by molar-refractivity contribution is 5.92. The molecule has 112 valence electrons. The number of carbonyl (C=O) groups is 1. The fourth-order valence-corrected chi connectivity index (χ4v) is 2.45. The van der Waals surface area contributed by atoms with Gasteiger partial charge in [0.1, 0.15) is 5.69 Å². The molecule has 0 bridgehead atoms.